The third kappa shape index (κ3) is 0.856. The average molecular weight is 100 g/mol. The van der Waals surface area contributed by atoms with Crippen molar-refractivity contribution in [3.05, 3.63) is 12.4 Å². The number of nitrogens with one attached hydrogen (secondary N) is 2. The summed E-state index contributed by atoms with van der Waals surface area (Å²) in [4.78, 5) is 0. The lowest BCUT2D eigenvalue weighted by molar-refractivity contribution is 0.553. The Kier molecular flexibility index (Phi) is 1.20. The predicted octanol–water partition coefficient (Wildman–Crippen LogP) is 0.632. The first kappa shape index (κ1) is 4.50. The number of hydrogen-bond donors (Lipinski definition) is 2. The molecular formula is C5H12N2. The summed E-state index contributed by atoms with van der Waals surface area (Å²) < 4.78 is 0. The summed E-state index contributed by atoms with van der Waals surface area (Å²) in [6.45, 7) is 2.14. The van der Waals surface area contributed by atoms with E-state index in [1.54, 1.807) is 0 Å². The molecule has 7 heavy (non-hydrogen) atoms. The molecule has 0 aromatic carbocycles. The number of hydrogen-bond acceptors (Lipinski definition) is 2. The molecular weight excluding hydrogens is 88.1 g/mol. The average Bonchev–Trinajstić information content (AvgIpc) is 2.14. The lowest BCUT2D eigenvalue weighted by Crippen LogP contribution is -2.29. The van der Waals surface area contributed by atoms with E-state index in [9.17, 15) is 0 Å². The van der Waals surface area contributed by atoms with Gasteiger partial charge in [-0.25, -0.2) is 0 Å². The zero-order chi connectivity index (χ0) is 5.11. The summed E-state index contributed by atoms with van der Waals surface area (Å²) in [7, 11) is 0. The van der Waals surface area contributed by atoms with Crippen LogP contribution in [0.1, 0.15) is 14.8 Å². The lowest BCUT2D eigenvalue weighted by Gasteiger charge is -2.06. The van der Waals surface area contributed by atoms with Crippen molar-refractivity contribution in [1.82, 2.24) is 10.6 Å². The standard InChI is InChI=1S/C5H10N2.H2/c1-2-5-6-3-4-7-5;/h3-7H,2H2,1H3;1H. The van der Waals surface area contributed by atoms with Gasteiger partial charge < -0.3 is 10.6 Å². The van der Waals surface area contributed by atoms with E-state index in [-0.39, 0.29) is 1.43 Å². The van der Waals surface area contributed by atoms with Crippen LogP contribution >= 0.6 is 0 Å². The summed E-state index contributed by atoms with van der Waals surface area (Å²) in [6, 6.07) is 0. The molecule has 2 N–H and O–H groups in total. The van der Waals surface area contributed by atoms with Gasteiger partial charge in [-0.1, -0.05) is 6.92 Å². The largest absolute Gasteiger partial charge is 0.370 e. The van der Waals surface area contributed by atoms with Gasteiger partial charge in [0.1, 0.15) is 0 Å². The molecule has 2 heteroatoms. The monoisotopic (exact) mass is 100 g/mol. The summed E-state index contributed by atoms with van der Waals surface area (Å²) in [5.74, 6) is 0. The Labute approximate surface area is 45.1 Å². The van der Waals surface area contributed by atoms with Gasteiger partial charge in [0, 0.05) is 13.8 Å². The minimum atomic E-state index is 0. The van der Waals surface area contributed by atoms with Gasteiger partial charge in [-0.05, 0) is 6.42 Å². The van der Waals surface area contributed by atoms with Crippen LogP contribution in [0.5, 0.6) is 0 Å². The van der Waals surface area contributed by atoms with E-state index in [1.165, 1.54) is 0 Å². The van der Waals surface area contributed by atoms with Crippen LogP contribution in [0.2, 0.25) is 0 Å². The van der Waals surface area contributed by atoms with E-state index in [0.29, 0.717) is 6.17 Å². The smallest absolute Gasteiger partial charge is 0.0953 e. The van der Waals surface area contributed by atoms with Crippen LogP contribution in [0.4, 0.5) is 0 Å². The third-order valence-corrected chi connectivity index (χ3v) is 1.09. The molecule has 2 nitrogen and oxygen atoms in total. The first-order chi connectivity index (χ1) is 3.43. The summed E-state index contributed by atoms with van der Waals surface area (Å²) >= 11 is 0. The molecule has 0 aliphatic carbocycles. The van der Waals surface area contributed by atoms with Gasteiger partial charge in [-0.3, -0.25) is 0 Å². The van der Waals surface area contributed by atoms with Crippen molar-refractivity contribution in [2.24, 2.45) is 0 Å². The van der Waals surface area contributed by atoms with Crippen molar-refractivity contribution in [1.29, 1.82) is 0 Å². The quantitative estimate of drug-likeness (QED) is 0.505. The molecule has 0 bridgehead atoms. The number of rotatable bonds is 1. The van der Waals surface area contributed by atoms with Crippen molar-refractivity contribution >= 4 is 0 Å². The minimum Gasteiger partial charge on any atom is -0.370 e. The van der Waals surface area contributed by atoms with Crippen LogP contribution < -0.4 is 10.6 Å². The Morgan fingerprint density at radius 1 is 1.57 bits per heavy atom. The van der Waals surface area contributed by atoms with Crippen LogP contribution in [-0.4, -0.2) is 6.17 Å². The molecule has 0 unspecified atom stereocenters. The molecule has 0 atom stereocenters. The van der Waals surface area contributed by atoms with Gasteiger partial charge in [0.05, 0.1) is 6.17 Å². The van der Waals surface area contributed by atoms with Gasteiger partial charge >= 0.3 is 0 Å². The van der Waals surface area contributed by atoms with Gasteiger partial charge in [0.2, 0.25) is 0 Å². The van der Waals surface area contributed by atoms with Crippen LogP contribution in [-0.2, 0) is 0 Å². The van der Waals surface area contributed by atoms with Crippen molar-refractivity contribution in [3.63, 3.8) is 0 Å². The summed E-state index contributed by atoms with van der Waals surface area (Å²) in [5.41, 5.74) is 0. The first-order valence-corrected chi connectivity index (χ1v) is 2.60. The third-order valence-electron chi connectivity index (χ3n) is 1.09. The summed E-state index contributed by atoms with van der Waals surface area (Å²) in [5, 5.41) is 6.23. The molecule has 0 spiro atoms. The van der Waals surface area contributed by atoms with E-state index in [1.807, 2.05) is 12.4 Å². The molecule has 0 radical (unpaired) electrons. The first-order valence-electron chi connectivity index (χ1n) is 2.60. The summed E-state index contributed by atoms with van der Waals surface area (Å²) in [6.07, 6.45) is 5.47. The fourth-order valence-corrected chi connectivity index (χ4v) is 0.612. The predicted molar refractivity (Wildman–Crippen MR) is 31.6 cm³/mol. The molecule has 0 saturated heterocycles. The zero-order valence-corrected chi connectivity index (χ0v) is 4.44. The van der Waals surface area contributed by atoms with E-state index < -0.39 is 0 Å². The van der Waals surface area contributed by atoms with Crippen LogP contribution in [0.3, 0.4) is 0 Å². The van der Waals surface area contributed by atoms with Crippen LogP contribution in [0, 0.1) is 0 Å². The molecule has 1 aliphatic heterocycles. The van der Waals surface area contributed by atoms with E-state index in [2.05, 4.69) is 17.6 Å². The minimum absolute atomic E-state index is 0. The maximum Gasteiger partial charge on any atom is 0.0953 e. The highest BCUT2D eigenvalue weighted by molar-refractivity contribution is 4.89. The molecule has 1 aliphatic rings. The molecule has 1 heterocycles. The Bertz CT molecular complexity index is 74.5. The van der Waals surface area contributed by atoms with Gasteiger partial charge in [-0.2, -0.15) is 0 Å². The highest BCUT2D eigenvalue weighted by Gasteiger charge is 2.01. The van der Waals surface area contributed by atoms with E-state index in [0.717, 1.165) is 6.42 Å². The normalized spacial score (nSPS) is 19.0. The van der Waals surface area contributed by atoms with Gasteiger partial charge in [0.15, 0.2) is 0 Å². The second-order valence-electron chi connectivity index (χ2n) is 1.63. The van der Waals surface area contributed by atoms with Crippen LogP contribution in [0.15, 0.2) is 12.4 Å². The lowest BCUT2D eigenvalue weighted by atomic mass is 10.4. The Morgan fingerprint density at radius 3 is 2.43 bits per heavy atom. The maximum absolute atomic E-state index is 3.11. The fourth-order valence-electron chi connectivity index (χ4n) is 0.612. The van der Waals surface area contributed by atoms with Gasteiger partial charge in [0.25, 0.3) is 0 Å². The Balaban J connectivity index is 0.000000490. The SMILES string of the molecule is CCC1NC=CN1.[HH]. The molecule has 0 fully saturated rings. The highest BCUT2D eigenvalue weighted by Crippen LogP contribution is 1.89. The topological polar surface area (TPSA) is 24.1 Å². The molecule has 0 saturated carbocycles. The molecule has 0 aromatic heterocycles. The maximum atomic E-state index is 3.11. The van der Waals surface area contributed by atoms with Crippen molar-refractivity contribution < 1.29 is 1.43 Å². The van der Waals surface area contributed by atoms with Crippen molar-refractivity contribution in [2.75, 3.05) is 0 Å². The van der Waals surface area contributed by atoms with E-state index >= 15 is 0 Å². The van der Waals surface area contributed by atoms with Crippen molar-refractivity contribution in [2.45, 2.75) is 19.5 Å². The van der Waals surface area contributed by atoms with Gasteiger partial charge in [-0.15, -0.1) is 0 Å². The fraction of sp³-hybridized carbons (Fsp3) is 0.600. The van der Waals surface area contributed by atoms with E-state index in [4.69, 9.17) is 0 Å². The van der Waals surface area contributed by atoms with Crippen molar-refractivity contribution in [3.8, 4) is 0 Å². The Morgan fingerprint density at radius 2 is 2.14 bits per heavy atom. The highest BCUT2D eigenvalue weighted by atomic mass is 15.1. The molecule has 42 valence electrons. The molecule has 0 aromatic rings. The Hall–Kier alpha value is -0.660. The van der Waals surface area contributed by atoms with Crippen LogP contribution in [0.25, 0.3) is 0 Å². The zero-order valence-electron chi connectivity index (χ0n) is 4.44. The second-order valence-corrected chi connectivity index (χ2v) is 1.63. The second kappa shape index (κ2) is 1.87. The molecule has 0 amide bonds. The molecule has 1 rings (SSSR count).